The first kappa shape index (κ1) is 20.1. The Morgan fingerprint density at radius 1 is 1.09 bits per heavy atom. The molecule has 6 nitrogen and oxygen atoms in total. The van der Waals surface area contributed by atoms with Crippen LogP contribution in [0.4, 0.5) is 0 Å². The number of rotatable bonds is 5. The number of methoxy groups -OCH3 is 1. The third-order valence-corrected chi connectivity index (χ3v) is 6.18. The summed E-state index contributed by atoms with van der Waals surface area (Å²) in [6.45, 7) is 4.02. The molecule has 1 saturated carbocycles. The van der Waals surface area contributed by atoms with Crippen molar-refractivity contribution in [2.75, 3.05) is 7.11 Å². The number of pyridine rings is 1. The Labute approximate surface area is 186 Å². The molecule has 0 saturated heterocycles. The quantitative estimate of drug-likeness (QED) is 0.489. The molecule has 0 radical (unpaired) electrons. The van der Waals surface area contributed by atoms with Crippen LogP contribution in [0.25, 0.3) is 33.2 Å². The number of carbonyl (C=O) groups is 1. The van der Waals surface area contributed by atoms with Crippen LogP contribution < -0.4 is 10.5 Å². The van der Waals surface area contributed by atoms with E-state index in [2.05, 4.69) is 40.3 Å². The maximum atomic E-state index is 12.1. The van der Waals surface area contributed by atoms with Crippen LogP contribution in [0.3, 0.4) is 0 Å². The highest BCUT2D eigenvalue weighted by atomic mass is 16.5. The fourth-order valence-corrected chi connectivity index (χ4v) is 4.47. The molecule has 0 unspecified atom stereocenters. The molecule has 5 rings (SSSR count). The van der Waals surface area contributed by atoms with E-state index >= 15 is 0 Å². The Morgan fingerprint density at radius 3 is 2.59 bits per heavy atom. The lowest BCUT2D eigenvalue weighted by atomic mass is 9.87. The number of amides is 1. The summed E-state index contributed by atoms with van der Waals surface area (Å²) >= 11 is 0. The summed E-state index contributed by atoms with van der Waals surface area (Å²) in [6, 6.07) is 13.9. The highest BCUT2D eigenvalue weighted by Crippen LogP contribution is 2.47. The van der Waals surface area contributed by atoms with Crippen molar-refractivity contribution in [1.29, 1.82) is 0 Å². The second kappa shape index (κ2) is 7.71. The fraction of sp³-hybridized carbons (Fsp3) is 0.231. The van der Waals surface area contributed by atoms with Crippen molar-refractivity contribution in [2.24, 2.45) is 5.73 Å². The van der Waals surface area contributed by atoms with Crippen molar-refractivity contribution in [2.45, 2.75) is 32.6 Å². The molecule has 32 heavy (non-hydrogen) atoms. The van der Waals surface area contributed by atoms with Crippen LogP contribution in [0.15, 0.2) is 48.7 Å². The highest BCUT2D eigenvalue weighted by Gasteiger charge is 2.31. The van der Waals surface area contributed by atoms with Gasteiger partial charge in [0.2, 0.25) is 11.8 Å². The first-order valence-corrected chi connectivity index (χ1v) is 10.7. The number of nitrogens with two attached hydrogens (primary N) is 1. The summed E-state index contributed by atoms with van der Waals surface area (Å²) in [5.41, 5.74) is 13.2. The molecule has 2 aromatic heterocycles. The van der Waals surface area contributed by atoms with Crippen molar-refractivity contribution in [3.63, 3.8) is 0 Å². The SMILES string of the molecule is COc1ccc(-c2nncc3cc(-c4c(C)ccc(C(N)=O)c4C4CC4)ccc23)c(C)n1. The van der Waals surface area contributed by atoms with Gasteiger partial charge in [-0.05, 0) is 73.1 Å². The van der Waals surface area contributed by atoms with Gasteiger partial charge in [-0.1, -0.05) is 18.2 Å². The third-order valence-electron chi connectivity index (χ3n) is 6.18. The van der Waals surface area contributed by atoms with Gasteiger partial charge in [0.15, 0.2) is 0 Å². The third kappa shape index (κ3) is 3.38. The number of aryl methyl sites for hydroxylation is 2. The van der Waals surface area contributed by atoms with E-state index in [-0.39, 0.29) is 5.91 Å². The molecule has 2 N–H and O–H groups in total. The zero-order chi connectivity index (χ0) is 22.4. The molecule has 1 amide bonds. The molecule has 160 valence electrons. The van der Waals surface area contributed by atoms with Gasteiger partial charge in [0.25, 0.3) is 0 Å². The molecule has 4 aromatic rings. The summed E-state index contributed by atoms with van der Waals surface area (Å²) in [6.07, 6.45) is 3.95. The van der Waals surface area contributed by atoms with Crippen molar-refractivity contribution in [3.8, 4) is 28.3 Å². The molecule has 2 aromatic carbocycles. The van der Waals surface area contributed by atoms with Crippen LogP contribution in [-0.4, -0.2) is 28.2 Å². The van der Waals surface area contributed by atoms with Crippen molar-refractivity contribution in [1.82, 2.24) is 15.2 Å². The van der Waals surface area contributed by atoms with E-state index in [0.29, 0.717) is 17.4 Å². The van der Waals surface area contributed by atoms with Gasteiger partial charge in [-0.25, -0.2) is 4.98 Å². The fourth-order valence-electron chi connectivity index (χ4n) is 4.47. The van der Waals surface area contributed by atoms with Gasteiger partial charge >= 0.3 is 0 Å². The van der Waals surface area contributed by atoms with E-state index in [4.69, 9.17) is 10.5 Å². The summed E-state index contributed by atoms with van der Waals surface area (Å²) in [7, 11) is 1.60. The van der Waals surface area contributed by atoms with Gasteiger partial charge in [-0.2, -0.15) is 5.10 Å². The molecule has 0 aliphatic heterocycles. The molecule has 2 heterocycles. The molecular formula is C26H24N4O2. The molecule has 0 spiro atoms. The summed E-state index contributed by atoms with van der Waals surface area (Å²) in [5, 5.41) is 10.7. The lowest BCUT2D eigenvalue weighted by Gasteiger charge is -2.17. The number of hydrogen-bond acceptors (Lipinski definition) is 5. The smallest absolute Gasteiger partial charge is 0.249 e. The first-order chi connectivity index (χ1) is 15.5. The number of primary amides is 1. The Morgan fingerprint density at radius 2 is 1.91 bits per heavy atom. The Hall–Kier alpha value is -3.80. The Kier molecular flexibility index (Phi) is 4.85. The van der Waals surface area contributed by atoms with Gasteiger partial charge in [0.05, 0.1) is 19.0 Å². The molecule has 1 fully saturated rings. The lowest BCUT2D eigenvalue weighted by Crippen LogP contribution is -2.14. The van der Waals surface area contributed by atoms with E-state index in [1.807, 2.05) is 31.2 Å². The summed E-state index contributed by atoms with van der Waals surface area (Å²) in [5.74, 6) is 0.589. The molecule has 6 heteroatoms. The number of ether oxygens (including phenoxy) is 1. The zero-order valence-corrected chi connectivity index (χ0v) is 18.3. The second-order valence-electron chi connectivity index (χ2n) is 8.34. The monoisotopic (exact) mass is 424 g/mol. The van der Waals surface area contributed by atoms with E-state index in [1.54, 1.807) is 13.3 Å². The standard InChI is InChI=1S/C26H24N4O2/c1-14-4-8-21(26(27)31)24(16-5-6-16)23(14)17-7-9-20-18(12-17)13-28-30-25(20)19-10-11-22(32-3)29-15(19)2/h4,7-13,16H,5-6H2,1-3H3,(H2,27,31). The van der Waals surface area contributed by atoms with Gasteiger partial charge in [0, 0.05) is 28.0 Å². The van der Waals surface area contributed by atoms with Crippen molar-refractivity contribution < 1.29 is 9.53 Å². The molecule has 0 atom stereocenters. The normalized spacial score (nSPS) is 13.3. The van der Waals surface area contributed by atoms with Gasteiger partial charge in [-0.15, -0.1) is 5.10 Å². The van der Waals surface area contributed by atoms with Crippen LogP contribution >= 0.6 is 0 Å². The molecule has 0 bridgehead atoms. The van der Waals surface area contributed by atoms with Gasteiger partial charge in [0.1, 0.15) is 5.69 Å². The minimum atomic E-state index is -0.371. The van der Waals surface area contributed by atoms with E-state index in [9.17, 15) is 4.79 Å². The number of benzene rings is 2. The largest absolute Gasteiger partial charge is 0.481 e. The van der Waals surface area contributed by atoms with E-state index in [0.717, 1.165) is 62.8 Å². The average molecular weight is 425 g/mol. The number of nitrogens with zero attached hydrogens (tertiary/aromatic N) is 3. The lowest BCUT2D eigenvalue weighted by molar-refractivity contribution is 0.0999. The average Bonchev–Trinajstić information content (AvgIpc) is 3.63. The molecule has 1 aliphatic rings. The predicted molar refractivity (Wildman–Crippen MR) is 125 cm³/mol. The van der Waals surface area contributed by atoms with Gasteiger partial charge in [-0.3, -0.25) is 4.79 Å². The van der Waals surface area contributed by atoms with Crippen LogP contribution in [-0.2, 0) is 0 Å². The van der Waals surface area contributed by atoms with Crippen molar-refractivity contribution in [3.05, 3.63) is 71.0 Å². The van der Waals surface area contributed by atoms with Crippen molar-refractivity contribution >= 4 is 16.7 Å². The minimum Gasteiger partial charge on any atom is -0.481 e. The number of hydrogen-bond donors (Lipinski definition) is 1. The summed E-state index contributed by atoms with van der Waals surface area (Å²) < 4.78 is 5.23. The second-order valence-corrected chi connectivity index (χ2v) is 8.34. The van der Waals surface area contributed by atoms with E-state index < -0.39 is 0 Å². The van der Waals surface area contributed by atoms with E-state index in [1.165, 1.54) is 0 Å². The summed E-state index contributed by atoms with van der Waals surface area (Å²) in [4.78, 5) is 16.6. The zero-order valence-electron chi connectivity index (χ0n) is 18.3. The highest BCUT2D eigenvalue weighted by molar-refractivity contribution is 6.00. The number of fused-ring (bicyclic) bond motifs is 1. The maximum absolute atomic E-state index is 12.1. The van der Waals surface area contributed by atoms with Crippen LogP contribution in [0, 0.1) is 13.8 Å². The molecular weight excluding hydrogens is 400 g/mol. The number of aromatic nitrogens is 3. The maximum Gasteiger partial charge on any atom is 0.249 e. The molecule has 1 aliphatic carbocycles. The minimum absolute atomic E-state index is 0.371. The topological polar surface area (TPSA) is 91.0 Å². The van der Waals surface area contributed by atoms with Crippen LogP contribution in [0.5, 0.6) is 5.88 Å². The van der Waals surface area contributed by atoms with Crippen LogP contribution in [0.2, 0.25) is 0 Å². The first-order valence-electron chi connectivity index (χ1n) is 10.7. The van der Waals surface area contributed by atoms with Crippen LogP contribution in [0.1, 0.15) is 45.9 Å². The Balaban J connectivity index is 1.69. The predicted octanol–water partition coefficient (Wildman–Crippen LogP) is 4.96. The number of carbonyl (C=O) groups excluding carboxylic acids is 1. The Bertz CT molecular complexity index is 1380. The van der Waals surface area contributed by atoms with Gasteiger partial charge < -0.3 is 10.5 Å².